The van der Waals surface area contributed by atoms with E-state index in [2.05, 4.69) is 10.3 Å². The number of aliphatic imine (C=N–C) groups is 1. The summed E-state index contributed by atoms with van der Waals surface area (Å²) in [6, 6.07) is 3.29. The van der Waals surface area contributed by atoms with Crippen LogP contribution in [0.5, 0.6) is 0 Å². The van der Waals surface area contributed by atoms with Crippen LogP contribution in [0.3, 0.4) is 0 Å². The molecule has 0 atom stereocenters. The lowest BCUT2D eigenvalue weighted by molar-refractivity contribution is 0.353. The van der Waals surface area contributed by atoms with Crippen molar-refractivity contribution in [2.24, 2.45) is 4.99 Å². The summed E-state index contributed by atoms with van der Waals surface area (Å²) >= 11 is 1.19. The number of nitrogens with one attached hydrogen (secondary N) is 1. The normalized spacial score (nSPS) is 19.3. The van der Waals surface area contributed by atoms with Crippen LogP contribution in [-0.4, -0.2) is 82.3 Å². The summed E-state index contributed by atoms with van der Waals surface area (Å²) in [5.74, 6) is 0.694. The molecule has 0 unspecified atom stereocenters. The van der Waals surface area contributed by atoms with E-state index >= 15 is 0 Å². The Kier molecular flexibility index (Phi) is 9.18. The molecule has 1 fully saturated rings. The number of nitrogens with zero attached hydrogens (tertiary/aromatic N) is 3. The van der Waals surface area contributed by atoms with Crippen molar-refractivity contribution in [2.75, 3.05) is 45.5 Å². The topological polar surface area (TPSA) is 99.2 Å². The van der Waals surface area contributed by atoms with Gasteiger partial charge in [-0.05, 0) is 32.2 Å². The van der Waals surface area contributed by atoms with Crippen molar-refractivity contribution in [2.45, 2.75) is 29.7 Å². The molecule has 8 nitrogen and oxygen atoms in total. The second kappa shape index (κ2) is 10.0. The Balaban J connectivity index is 0.00000392. The van der Waals surface area contributed by atoms with Crippen LogP contribution in [0.15, 0.2) is 26.7 Å². The molecule has 12 heteroatoms. The van der Waals surface area contributed by atoms with Crippen molar-refractivity contribution in [1.29, 1.82) is 0 Å². The van der Waals surface area contributed by atoms with Gasteiger partial charge in [0.2, 0.25) is 0 Å². The summed E-state index contributed by atoms with van der Waals surface area (Å²) in [5.41, 5.74) is 0. The van der Waals surface area contributed by atoms with Crippen LogP contribution in [0.4, 0.5) is 0 Å². The summed E-state index contributed by atoms with van der Waals surface area (Å²) < 4.78 is 50.0. The van der Waals surface area contributed by atoms with E-state index in [0.29, 0.717) is 29.8 Å². The third kappa shape index (κ3) is 5.80. The number of hydrogen-bond acceptors (Lipinski definition) is 6. The zero-order valence-corrected chi connectivity index (χ0v) is 21.4. The molecule has 0 aromatic carbocycles. The molecule has 1 N–H and O–H groups in total. The van der Waals surface area contributed by atoms with Gasteiger partial charge in [0.1, 0.15) is 4.21 Å². The van der Waals surface area contributed by atoms with E-state index in [1.807, 2.05) is 11.8 Å². The molecular weight excluding hydrogens is 535 g/mol. The number of thiophene rings is 1. The Morgan fingerprint density at radius 2 is 2.11 bits per heavy atom. The Bertz CT molecular complexity index is 868. The first-order valence-electron chi connectivity index (χ1n) is 8.76. The van der Waals surface area contributed by atoms with Crippen molar-refractivity contribution in [3.8, 4) is 0 Å². The highest BCUT2D eigenvalue weighted by atomic mass is 127. The molecule has 0 amide bonds. The fraction of sp³-hybridized carbons (Fsp3) is 0.688. The molecule has 162 valence electrons. The minimum atomic E-state index is -3.50. The lowest BCUT2D eigenvalue weighted by atomic mass is 10.2. The Morgan fingerprint density at radius 3 is 2.64 bits per heavy atom. The molecule has 1 aliphatic rings. The number of sulfone groups is 1. The van der Waals surface area contributed by atoms with Crippen molar-refractivity contribution in [3.63, 3.8) is 0 Å². The monoisotopic (exact) mass is 564 g/mol. The van der Waals surface area contributed by atoms with Gasteiger partial charge < -0.3 is 10.2 Å². The van der Waals surface area contributed by atoms with Gasteiger partial charge in [-0.25, -0.2) is 16.8 Å². The third-order valence-electron chi connectivity index (χ3n) is 4.51. The molecule has 0 saturated carbocycles. The van der Waals surface area contributed by atoms with E-state index in [9.17, 15) is 16.8 Å². The van der Waals surface area contributed by atoms with Crippen LogP contribution in [0, 0.1) is 0 Å². The van der Waals surface area contributed by atoms with Gasteiger partial charge in [0.15, 0.2) is 15.8 Å². The van der Waals surface area contributed by atoms with Crippen LogP contribution in [0.1, 0.15) is 20.8 Å². The van der Waals surface area contributed by atoms with E-state index in [1.54, 1.807) is 31.4 Å². The average molecular weight is 565 g/mol. The number of guanidine groups is 1. The number of halogens is 1. The molecule has 1 aliphatic heterocycles. The van der Waals surface area contributed by atoms with Gasteiger partial charge in [-0.3, -0.25) is 4.99 Å². The lowest BCUT2D eigenvalue weighted by Crippen LogP contribution is -2.57. The highest BCUT2D eigenvalue weighted by Crippen LogP contribution is 2.24. The number of likely N-dealkylation sites (N-methyl/N-ethyl adjacent to an activating group) is 1. The van der Waals surface area contributed by atoms with Crippen LogP contribution >= 0.6 is 35.3 Å². The summed E-state index contributed by atoms with van der Waals surface area (Å²) in [6.45, 7) is 7.28. The van der Waals surface area contributed by atoms with E-state index in [0.717, 1.165) is 0 Å². The Labute approximate surface area is 189 Å². The van der Waals surface area contributed by atoms with E-state index in [1.165, 1.54) is 22.7 Å². The first-order chi connectivity index (χ1) is 12.5. The minimum absolute atomic E-state index is 0. The van der Waals surface area contributed by atoms with Gasteiger partial charge in [-0.1, -0.05) is 6.07 Å². The zero-order valence-electron chi connectivity index (χ0n) is 16.6. The van der Waals surface area contributed by atoms with Gasteiger partial charge >= 0.3 is 0 Å². The smallest absolute Gasteiger partial charge is 0.252 e. The average Bonchev–Trinajstić information content (AvgIpc) is 3.12. The lowest BCUT2D eigenvalue weighted by Gasteiger charge is -2.39. The molecule has 2 rings (SSSR count). The number of sulfonamides is 1. The summed E-state index contributed by atoms with van der Waals surface area (Å²) in [4.78, 5) is 6.45. The summed E-state index contributed by atoms with van der Waals surface area (Å²) in [6.07, 6.45) is 0. The van der Waals surface area contributed by atoms with Gasteiger partial charge in [0.25, 0.3) is 10.0 Å². The maximum absolute atomic E-state index is 12.4. The second-order valence-corrected chi connectivity index (χ2v) is 13.0. The van der Waals surface area contributed by atoms with Crippen molar-refractivity contribution in [1.82, 2.24) is 14.5 Å². The van der Waals surface area contributed by atoms with E-state index in [-0.39, 0.29) is 42.8 Å². The minimum Gasteiger partial charge on any atom is -0.357 e. The van der Waals surface area contributed by atoms with Crippen molar-refractivity contribution < 1.29 is 16.8 Å². The molecule has 1 aromatic heterocycles. The predicted molar refractivity (Wildman–Crippen MR) is 125 cm³/mol. The molecular formula is C16H29IN4O4S3. The van der Waals surface area contributed by atoms with Crippen LogP contribution in [0.25, 0.3) is 0 Å². The molecule has 0 aliphatic carbocycles. The van der Waals surface area contributed by atoms with Crippen LogP contribution < -0.4 is 5.32 Å². The van der Waals surface area contributed by atoms with E-state index in [4.69, 9.17) is 0 Å². The fourth-order valence-corrected chi connectivity index (χ4v) is 6.46. The van der Waals surface area contributed by atoms with Gasteiger partial charge in [0, 0.05) is 33.2 Å². The maximum atomic E-state index is 12.4. The first-order valence-corrected chi connectivity index (χ1v) is 12.7. The van der Waals surface area contributed by atoms with Crippen molar-refractivity contribution in [3.05, 3.63) is 17.5 Å². The molecule has 2 heterocycles. The zero-order chi connectivity index (χ0) is 20.3. The standard InChI is InChI=1S/C16H28N4O4S3.HI/c1-5-17-15(20-10-12-26(21,22)16(2,3)13-20)18-8-9-19(4)27(23,24)14-7-6-11-25-14;/h6-7,11H,5,8-10,12-13H2,1-4H3,(H,17,18);1H. The molecule has 0 spiro atoms. The van der Waals surface area contributed by atoms with E-state index < -0.39 is 24.6 Å². The first kappa shape index (κ1) is 25.6. The number of hydrogen-bond donors (Lipinski definition) is 1. The largest absolute Gasteiger partial charge is 0.357 e. The van der Waals surface area contributed by atoms with Crippen molar-refractivity contribution >= 4 is 61.1 Å². The quantitative estimate of drug-likeness (QED) is 0.319. The molecule has 28 heavy (non-hydrogen) atoms. The third-order valence-corrected chi connectivity index (χ3v) is 10.3. The van der Waals surface area contributed by atoms with Crippen LogP contribution in [-0.2, 0) is 19.9 Å². The predicted octanol–water partition coefficient (Wildman–Crippen LogP) is 1.46. The SMILES string of the molecule is CCNC(=NCCN(C)S(=O)(=O)c1cccs1)N1CCS(=O)(=O)C(C)(C)C1.I. The molecule has 0 radical (unpaired) electrons. The van der Waals surface area contributed by atoms with Crippen LogP contribution in [0.2, 0.25) is 0 Å². The van der Waals surface area contributed by atoms with Gasteiger partial charge in [-0.2, -0.15) is 4.31 Å². The second-order valence-electron chi connectivity index (χ2n) is 6.99. The highest BCUT2D eigenvalue weighted by molar-refractivity contribution is 14.0. The molecule has 0 bridgehead atoms. The fourth-order valence-electron chi connectivity index (χ4n) is 2.73. The Morgan fingerprint density at radius 1 is 1.43 bits per heavy atom. The summed E-state index contributed by atoms with van der Waals surface area (Å²) in [7, 11) is -5.09. The number of rotatable bonds is 6. The highest BCUT2D eigenvalue weighted by Gasteiger charge is 2.41. The maximum Gasteiger partial charge on any atom is 0.252 e. The summed E-state index contributed by atoms with van der Waals surface area (Å²) in [5, 5.41) is 4.90. The van der Waals surface area contributed by atoms with Gasteiger partial charge in [-0.15, -0.1) is 35.3 Å². The Hall–Kier alpha value is -0.440. The molecule has 1 aromatic rings. The molecule has 1 saturated heterocycles. The van der Waals surface area contributed by atoms with Gasteiger partial charge in [0.05, 0.1) is 17.0 Å².